The van der Waals surface area contributed by atoms with Crippen LogP contribution >= 0.6 is 0 Å². The molecule has 1 N–H and O–H groups in total. The molecule has 0 aliphatic rings. The van der Waals surface area contributed by atoms with E-state index in [1.165, 1.54) is 0 Å². The van der Waals surface area contributed by atoms with Gasteiger partial charge in [-0.15, -0.1) is 6.58 Å². The van der Waals surface area contributed by atoms with Crippen molar-refractivity contribution in [3.8, 4) is 11.5 Å². The summed E-state index contributed by atoms with van der Waals surface area (Å²) in [6.45, 7) is 4.47. The van der Waals surface area contributed by atoms with Gasteiger partial charge >= 0.3 is 0 Å². The van der Waals surface area contributed by atoms with Crippen LogP contribution in [0, 0.1) is 0 Å². The molecule has 6 nitrogen and oxygen atoms in total. The maximum absolute atomic E-state index is 13.2. The Kier molecular flexibility index (Phi) is 6.74. The second-order valence-electron chi connectivity index (χ2n) is 7.67. The topological polar surface area (TPSA) is 65.4 Å². The van der Waals surface area contributed by atoms with Crippen LogP contribution in [0.25, 0.3) is 11.0 Å². The summed E-state index contributed by atoms with van der Waals surface area (Å²) in [6, 6.07) is 22.6. The molecule has 0 saturated carbocycles. The molecule has 1 aromatic heterocycles. The predicted octanol–water partition coefficient (Wildman–Crippen LogP) is 4.95. The van der Waals surface area contributed by atoms with Gasteiger partial charge in [-0.1, -0.05) is 36.4 Å². The van der Waals surface area contributed by atoms with Crippen LogP contribution in [0.1, 0.15) is 27.8 Å². The lowest BCUT2D eigenvalue weighted by Crippen LogP contribution is -2.32. The molecular weight excluding hydrogens is 414 g/mol. The molecule has 0 fully saturated rings. The van der Waals surface area contributed by atoms with Crippen LogP contribution in [0.2, 0.25) is 0 Å². The van der Waals surface area contributed by atoms with Gasteiger partial charge in [0.2, 0.25) is 0 Å². The van der Waals surface area contributed by atoms with E-state index in [9.17, 15) is 4.79 Å². The second kappa shape index (κ2) is 10.0. The van der Waals surface area contributed by atoms with Gasteiger partial charge in [-0.05, 0) is 48.4 Å². The molecule has 6 heteroatoms. The van der Waals surface area contributed by atoms with Gasteiger partial charge in [0.1, 0.15) is 17.3 Å². The number of amides is 1. The Morgan fingerprint density at radius 1 is 1.03 bits per heavy atom. The van der Waals surface area contributed by atoms with Crippen LogP contribution in [0.15, 0.2) is 85.5 Å². The lowest BCUT2D eigenvalue weighted by atomic mass is 10.0. The number of allylic oxidation sites excluding steroid dienone is 1. The van der Waals surface area contributed by atoms with Gasteiger partial charge in [0.25, 0.3) is 5.91 Å². The Hall–Kier alpha value is -4.06. The third kappa shape index (κ3) is 4.90. The Bertz CT molecular complexity index is 1250. The van der Waals surface area contributed by atoms with Crippen LogP contribution < -0.4 is 14.8 Å². The monoisotopic (exact) mass is 441 g/mol. The number of nitrogens with one attached hydrogen (secondary N) is 1. The van der Waals surface area contributed by atoms with E-state index in [0.29, 0.717) is 24.3 Å². The Morgan fingerprint density at radius 2 is 1.73 bits per heavy atom. The molecule has 1 heterocycles. The summed E-state index contributed by atoms with van der Waals surface area (Å²) in [5.74, 6) is 2.05. The van der Waals surface area contributed by atoms with E-state index >= 15 is 0 Å². The minimum Gasteiger partial charge on any atom is -0.497 e. The normalized spacial score (nSPS) is 11.7. The van der Waals surface area contributed by atoms with Crippen molar-refractivity contribution in [1.29, 1.82) is 0 Å². The molecule has 0 aliphatic carbocycles. The number of carbonyl (C=O) groups excluding carboxylic acids is 1. The first-order valence-corrected chi connectivity index (χ1v) is 10.8. The van der Waals surface area contributed by atoms with E-state index in [0.717, 1.165) is 28.2 Å². The molecule has 1 unspecified atom stereocenters. The zero-order valence-electron chi connectivity index (χ0n) is 18.8. The quantitative estimate of drug-likeness (QED) is 0.373. The molecule has 33 heavy (non-hydrogen) atoms. The molecule has 168 valence electrons. The number of carbonyl (C=O) groups is 1. The fourth-order valence-corrected chi connectivity index (χ4v) is 3.88. The molecule has 4 aromatic rings. The van der Waals surface area contributed by atoms with Crippen molar-refractivity contribution < 1.29 is 14.3 Å². The molecule has 1 amide bonds. The summed E-state index contributed by atoms with van der Waals surface area (Å²) < 4.78 is 12.7. The second-order valence-corrected chi connectivity index (χ2v) is 7.67. The minimum absolute atomic E-state index is 0.173. The third-order valence-corrected chi connectivity index (χ3v) is 5.55. The predicted molar refractivity (Wildman–Crippen MR) is 130 cm³/mol. The zero-order valence-corrected chi connectivity index (χ0v) is 18.8. The first-order valence-electron chi connectivity index (χ1n) is 10.8. The van der Waals surface area contributed by atoms with Crippen molar-refractivity contribution in [3.63, 3.8) is 0 Å². The summed E-state index contributed by atoms with van der Waals surface area (Å²) in [7, 11) is 3.24. The van der Waals surface area contributed by atoms with Gasteiger partial charge < -0.3 is 19.4 Å². The van der Waals surface area contributed by atoms with Gasteiger partial charge in [0.05, 0.1) is 31.3 Å². The zero-order chi connectivity index (χ0) is 23.2. The number of benzene rings is 3. The molecule has 0 saturated heterocycles. The largest absolute Gasteiger partial charge is 0.497 e. The van der Waals surface area contributed by atoms with Gasteiger partial charge in [-0.3, -0.25) is 4.79 Å². The number of imidazole rings is 1. The van der Waals surface area contributed by atoms with Crippen molar-refractivity contribution in [2.24, 2.45) is 0 Å². The van der Waals surface area contributed by atoms with Gasteiger partial charge in [0.15, 0.2) is 0 Å². The van der Waals surface area contributed by atoms with Crippen molar-refractivity contribution in [3.05, 3.63) is 102 Å². The van der Waals surface area contributed by atoms with Crippen LogP contribution in [0.5, 0.6) is 11.5 Å². The maximum Gasteiger partial charge on any atom is 0.251 e. The molecule has 0 aliphatic heterocycles. The van der Waals surface area contributed by atoms with Gasteiger partial charge in [-0.2, -0.15) is 0 Å². The average molecular weight is 442 g/mol. The number of fused-ring (bicyclic) bond motifs is 1. The third-order valence-electron chi connectivity index (χ3n) is 5.55. The van der Waals surface area contributed by atoms with Crippen molar-refractivity contribution in [2.45, 2.75) is 19.0 Å². The highest BCUT2D eigenvalue weighted by Gasteiger charge is 2.23. The molecular formula is C27H27N3O3. The fourth-order valence-electron chi connectivity index (χ4n) is 3.88. The Balaban J connectivity index is 1.75. The van der Waals surface area contributed by atoms with Crippen molar-refractivity contribution >= 4 is 16.9 Å². The highest BCUT2D eigenvalue weighted by Crippen LogP contribution is 2.27. The standard InChI is InChI=1S/C27H27N3O3/c1-4-16-30-25-18-22(33-3)14-15-23(25)28-26(30)24(17-19-8-6-5-7-9-19)29-27(31)20-10-12-21(32-2)13-11-20/h4-15,18,24H,1,16-17H2,2-3H3,(H,29,31). The van der Waals surface area contributed by atoms with Crippen molar-refractivity contribution in [2.75, 3.05) is 14.2 Å². The first-order chi connectivity index (χ1) is 16.1. The van der Waals surface area contributed by atoms with E-state index in [2.05, 4.69) is 28.6 Å². The number of hydrogen-bond donors (Lipinski definition) is 1. The molecule has 0 radical (unpaired) electrons. The van der Waals surface area contributed by atoms with Gasteiger partial charge in [-0.25, -0.2) is 4.98 Å². The number of aromatic nitrogens is 2. The van der Waals surface area contributed by atoms with E-state index in [-0.39, 0.29) is 11.9 Å². The Morgan fingerprint density at radius 3 is 2.39 bits per heavy atom. The number of rotatable bonds is 9. The Labute approximate surface area is 193 Å². The van der Waals surface area contributed by atoms with E-state index in [1.54, 1.807) is 38.5 Å². The summed E-state index contributed by atoms with van der Waals surface area (Å²) in [4.78, 5) is 18.1. The summed E-state index contributed by atoms with van der Waals surface area (Å²) in [5.41, 5.74) is 3.43. The lowest BCUT2D eigenvalue weighted by Gasteiger charge is -2.20. The highest BCUT2D eigenvalue weighted by atomic mass is 16.5. The molecule has 3 aromatic carbocycles. The summed E-state index contributed by atoms with van der Waals surface area (Å²) >= 11 is 0. The number of methoxy groups -OCH3 is 2. The molecule has 4 rings (SSSR count). The SMILES string of the molecule is C=CCn1c(C(Cc2ccccc2)NC(=O)c2ccc(OC)cc2)nc2ccc(OC)cc21. The molecule has 0 spiro atoms. The first kappa shape index (κ1) is 22.1. The number of nitrogens with zero attached hydrogens (tertiary/aromatic N) is 2. The van der Waals surface area contributed by atoms with Crippen LogP contribution in [0.3, 0.4) is 0 Å². The van der Waals surface area contributed by atoms with Crippen LogP contribution in [0.4, 0.5) is 0 Å². The number of hydrogen-bond acceptors (Lipinski definition) is 4. The van der Waals surface area contributed by atoms with Crippen LogP contribution in [-0.4, -0.2) is 29.7 Å². The maximum atomic E-state index is 13.2. The van der Waals surface area contributed by atoms with Gasteiger partial charge in [0, 0.05) is 18.2 Å². The minimum atomic E-state index is -0.347. The van der Waals surface area contributed by atoms with Crippen LogP contribution in [-0.2, 0) is 13.0 Å². The summed E-state index contributed by atoms with van der Waals surface area (Å²) in [6.07, 6.45) is 2.43. The van der Waals surface area contributed by atoms with E-state index in [1.807, 2.05) is 42.5 Å². The molecule has 1 atom stereocenters. The fraction of sp³-hybridized carbons (Fsp3) is 0.185. The molecule has 0 bridgehead atoms. The highest BCUT2D eigenvalue weighted by molar-refractivity contribution is 5.94. The van der Waals surface area contributed by atoms with E-state index < -0.39 is 0 Å². The average Bonchev–Trinajstić information content (AvgIpc) is 3.22. The van der Waals surface area contributed by atoms with Crippen molar-refractivity contribution in [1.82, 2.24) is 14.9 Å². The lowest BCUT2D eigenvalue weighted by molar-refractivity contribution is 0.0934. The smallest absolute Gasteiger partial charge is 0.251 e. The summed E-state index contributed by atoms with van der Waals surface area (Å²) in [5, 5.41) is 3.20. The number of ether oxygens (including phenoxy) is 2. The van der Waals surface area contributed by atoms with E-state index in [4.69, 9.17) is 14.5 Å².